The van der Waals surface area contributed by atoms with Gasteiger partial charge in [0.2, 0.25) is 5.91 Å². The van der Waals surface area contributed by atoms with E-state index in [-0.39, 0.29) is 5.91 Å². The lowest BCUT2D eigenvalue weighted by Crippen LogP contribution is -2.50. The number of hydrogen-bond acceptors (Lipinski definition) is 4. The first kappa shape index (κ1) is 19.3. The Morgan fingerprint density at radius 2 is 2.20 bits per heavy atom. The highest BCUT2D eigenvalue weighted by Crippen LogP contribution is 2.10. The molecule has 0 saturated carbocycles. The lowest BCUT2D eigenvalue weighted by molar-refractivity contribution is -0.122. The molecule has 1 fully saturated rings. The Bertz CT molecular complexity index is 522. The molecular formula is C18H31N5O2. The third kappa shape index (κ3) is 7.17. The number of nitrogens with zero attached hydrogens (tertiary/aromatic N) is 2. The minimum Gasteiger partial charge on any atom is -0.469 e. The summed E-state index contributed by atoms with van der Waals surface area (Å²) in [4.78, 5) is 18.3. The molecule has 1 aliphatic rings. The lowest BCUT2D eigenvalue weighted by atomic mass is 10.1. The summed E-state index contributed by atoms with van der Waals surface area (Å²) in [5, 5.41) is 9.61. The molecule has 0 spiro atoms. The molecule has 140 valence electrons. The number of guanidine groups is 1. The number of likely N-dealkylation sites (N-methyl/N-ethyl adjacent to an activating group) is 1. The van der Waals surface area contributed by atoms with Gasteiger partial charge in [-0.15, -0.1) is 0 Å². The van der Waals surface area contributed by atoms with Crippen molar-refractivity contribution in [1.82, 2.24) is 20.9 Å². The maximum atomic E-state index is 11.5. The predicted molar refractivity (Wildman–Crippen MR) is 99.7 cm³/mol. The maximum absolute atomic E-state index is 11.5. The van der Waals surface area contributed by atoms with Crippen molar-refractivity contribution in [3.8, 4) is 0 Å². The summed E-state index contributed by atoms with van der Waals surface area (Å²) in [6, 6.07) is 4.29. The Hall–Kier alpha value is -2.02. The molecule has 7 heteroatoms. The molecule has 0 unspecified atom stereocenters. The molecule has 1 amide bonds. The van der Waals surface area contributed by atoms with Crippen LogP contribution in [0.3, 0.4) is 0 Å². The zero-order valence-corrected chi connectivity index (χ0v) is 15.4. The second-order valence-electron chi connectivity index (χ2n) is 6.35. The summed E-state index contributed by atoms with van der Waals surface area (Å²) in [5.74, 6) is 1.93. The fourth-order valence-electron chi connectivity index (χ4n) is 2.85. The summed E-state index contributed by atoms with van der Waals surface area (Å²) in [5.41, 5.74) is 0. The van der Waals surface area contributed by atoms with Gasteiger partial charge in [0.05, 0.1) is 12.8 Å². The van der Waals surface area contributed by atoms with Crippen LogP contribution < -0.4 is 16.0 Å². The van der Waals surface area contributed by atoms with E-state index in [9.17, 15) is 4.79 Å². The molecule has 0 aliphatic carbocycles. The summed E-state index contributed by atoms with van der Waals surface area (Å²) < 4.78 is 5.36. The van der Waals surface area contributed by atoms with E-state index in [0.717, 1.165) is 63.6 Å². The van der Waals surface area contributed by atoms with Gasteiger partial charge in [-0.25, -0.2) is 0 Å². The monoisotopic (exact) mass is 349 g/mol. The molecule has 0 bridgehead atoms. The molecular weight excluding hydrogens is 318 g/mol. The van der Waals surface area contributed by atoms with Crippen molar-refractivity contribution in [2.45, 2.75) is 38.6 Å². The van der Waals surface area contributed by atoms with E-state index < -0.39 is 0 Å². The molecule has 1 saturated heterocycles. The van der Waals surface area contributed by atoms with Gasteiger partial charge in [-0.05, 0) is 31.4 Å². The van der Waals surface area contributed by atoms with Crippen LogP contribution >= 0.6 is 0 Å². The second-order valence-corrected chi connectivity index (χ2v) is 6.35. The van der Waals surface area contributed by atoms with E-state index in [1.165, 1.54) is 0 Å². The van der Waals surface area contributed by atoms with E-state index in [0.29, 0.717) is 12.6 Å². The molecule has 2 rings (SSSR count). The molecule has 1 aromatic heterocycles. The summed E-state index contributed by atoms with van der Waals surface area (Å²) >= 11 is 0. The van der Waals surface area contributed by atoms with Crippen molar-refractivity contribution in [3.63, 3.8) is 0 Å². The Morgan fingerprint density at radius 1 is 1.40 bits per heavy atom. The van der Waals surface area contributed by atoms with Gasteiger partial charge in [-0.1, -0.05) is 6.92 Å². The third-order valence-electron chi connectivity index (χ3n) is 4.31. The van der Waals surface area contributed by atoms with Crippen LogP contribution in [0, 0.1) is 0 Å². The van der Waals surface area contributed by atoms with E-state index in [2.05, 4.69) is 32.8 Å². The highest BCUT2D eigenvalue weighted by molar-refractivity contribution is 5.80. The van der Waals surface area contributed by atoms with Crippen molar-refractivity contribution < 1.29 is 9.21 Å². The molecule has 3 N–H and O–H groups in total. The Morgan fingerprint density at radius 3 is 2.84 bits per heavy atom. The van der Waals surface area contributed by atoms with Crippen molar-refractivity contribution in [2.75, 3.05) is 39.8 Å². The summed E-state index contributed by atoms with van der Waals surface area (Å²) in [6.45, 7) is 6.07. The molecule has 7 nitrogen and oxygen atoms in total. The number of rotatable bonds is 8. The van der Waals surface area contributed by atoms with E-state index in [1.54, 1.807) is 13.3 Å². The van der Waals surface area contributed by atoms with Crippen LogP contribution in [0.5, 0.6) is 0 Å². The van der Waals surface area contributed by atoms with Crippen molar-refractivity contribution in [3.05, 3.63) is 24.2 Å². The van der Waals surface area contributed by atoms with Crippen molar-refractivity contribution in [1.29, 1.82) is 0 Å². The number of aliphatic imine (C=N–C) groups is 1. The first-order valence-corrected chi connectivity index (χ1v) is 9.21. The number of amides is 1. The minimum absolute atomic E-state index is 0.0798. The van der Waals surface area contributed by atoms with E-state index in [4.69, 9.17) is 4.42 Å². The quantitative estimate of drug-likeness (QED) is 0.481. The maximum Gasteiger partial charge on any atom is 0.233 e. The molecule has 1 aromatic rings. The molecule has 2 heterocycles. The summed E-state index contributed by atoms with van der Waals surface area (Å²) in [7, 11) is 1.68. The van der Waals surface area contributed by atoms with Crippen molar-refractivity contribution >= 4 is 11.9 Å². The van der Waals surface area contributed by atoms with Crippen LogP contribution in [-0.2, 0) is 11.2 Å². The topological polar surface area (TPSA) is 81.9 Å². The van der Waals surface area contributed by atoms with Gasteiger partial charge < -0.3 is 20.4 Å². The Balaban J connectivity index is 1.74. The predicted octanol–water partition coefficient (Wildman–Crippen LogP) is 0.978. The highest BCUT2D eigenvalue weighted by atomic mass is 16.3. The SMILES string of the molecule is CCCN=C(NCCc1ccco1)NC1CCN(CC(=O)NC)CC1. The van der Waals surface area contributed by atoms with Crippen LogP contribution in [0.4, 0.5) is 0 Å². The number of hydrogen-bond donors (Lipinski definition) is 3. The lowest BCUT2D eigenvalue weighted by Gasteiger charge is -2.32. The van der Waals surface area contributed by atoms with Gasteiger partial charge in [-0.3, -0.25) is 14.7 Å². The van der Waals surface area contributed by atoms with Gasteiger partial charge in [0.1, 0.15) is 5.76 Å². The minimum atomic E-state index is 0.0798. The number of furan rings is 1. The van der Waals surface area contributed by atoms with Gasteiger partial charge in [0.25, 0.3) is 0 Å². The van der Waals surface area contributed by atoms with Gasteiger partial charge in [-0.2, -0.15) is 0 Å². The largest absolute Gasteiger partial charge is 0.469 e. The summed E-state index contributed by atoms with van der Waals surface area (Å²) in [6.07, 6.45) is 5.59. The standard InChI is InChI=1S/C18H31N5O2/c1-3-9-20-18(21-10-6-16-5-4-13-25-16)22-15-7-11-23(12-8-15)14-17(24)19-2/h4-5,13,15H,3,6-12,14H2,1-2H3,(H,19,24)(H2,20,21,22). The molecule has 0 atom stereocenters. The van der Waals surface area contributed by atoms with Gasteiger partial charge in [0.15, 0.2) is 5.96 Å². The van der Waals surface area contributed by atoms with Crippen LogP contribution in [0.15, 0.2) is 27.8 Å². The van der Waals surface area contributed by atoms with Crippen LogP contribution in [0.2, 0.25) is 0 Å². The van der Waals surface area contributed by atoms with Gasteiger partial charge in [0, 0.05) is 45.7 Å². The van der Waals surface area contributed by atoms with E-state index in [1.807, 2.05) is 12.1 Å². The number of carbonyl (C=O) groups excluding carboxylic acids is 1. The first-order valence-electron chi connectivity index (χ1n) is 9.21. The number of likely N-dealkylation sites (tertiary alicyclic amines) is 1. The fourth-order valence-corrected chi connectivity index (χ4v) is 2.85. The fraction of sp³-hybridized carbons (Fsp3) is 0.667. The zero-order chi connectivity index (χ0) is 17.9. The van der Waals surface area contributed by atoms with Crippen LogP contribution in [0.25, 0.3) is 0 Å². The number of nitrogens with one attached hydrogen (secondary N) is 3. The number of piperidine rings is 1. The van der Waals surface area contributed by atoms with Crippen LogP contribution in [-0.4, -0.2) is 62.6 Å². The average molecular weight is 349 g/mol. The smallest absolute Gasteiger partial charge is 0.233 e. The van der Waals surface area contributed by atoms with E-state index >= 15 is 0 Å². The first-order chi connectivity index (χ1) is 12.2. The Kier molecular flexibility index (Phi) is 8.31. The number of carbonyl (C=O) groups is 1. The zero-order valence-electron chi connectivity index (χ0n) is 15.4. The molecule has 1 aliphatic heterocycles. The normalized spacial score (nSPS) is 16.6. The highest BCUT2D eigenvalue weighted by Gasteiger charge is 2.21. The third-order valence-corrected chi connectivity index (χ3v) is 4.31. The van der Waals surface area contributed by atoms with Gasteiger partial charge >= 0.3 is 0 Å². The van der Waals surface area contributed by atoms with Crippen LogP contribution in [0.1, 0.15) is 31.9 Å². The van der Waals surface area contributed by atoms with Crippen molar-refractivity contribution in [2.24, 2.45) is 4.99 Å². The Labute approximate surface area is 150 Å². The molecule has 25 heavy (non-hydrogen) atoms. The second kappa shape index (κ2) is 10.8. The molecule has 0 radical (unpaired) electrons. The average Bonchev–Trinajstić information content (AvgIpc) is 3.14. The molecule has 0 aromatic carbocycles.